The van der Waals surface area contributed by atoms with Gasteiger partial charge in [-0.1, -0.05) is 54.9 Å². The summed E-state index contributed by atoms with van der Waals surface area (Å²) in [5, 5.41) is 3.06. The summed E-state index contributed by atoms with van der Waals surface area (Å²) in [6, 6.07) is 15.1. The molecule has 0 aliphatic rings. The number of halogens is 1. The first kappa shape index (κ1) is 19.8. The number of hydrogen-bond donors (Lipinski definition) is 1. The molecule has 26 heavy (non-hydrogen) atoms. The van der Waals surface area contributed by atoms with E-state index in [0.29, 0.717) is 17.3 Å². The van der Waals surface area contributed by atoms with Gasteiger partial charge in [0.2, 0.25) is 0 Å². The van der Waals surface area contributed by atoms with Gasteiger partial charge in [-0.2, -0.15) is 0 Å². The molecule has 0 radical (unpaired) electrons. The van der Waals surface area contributed by atoms with Gasteiger partial charge >= 0.3 is 5.97 Å². The summed E-state index contributed by atoms with van der Waals surface area (Å²) in [5.74, 6) is -0.579. The van der Waals surface area contributed by atoms with E-state index >= 15 is 0 Å². The molecular formula is C20H22ClNO4. The number of carbonyl (C=O) groups is 2. The molecule has 0 aliphatic carbocycles. The van der Waals surface area contributed by atoms with Gasteiger partial charge in [0, 0.05) is 6.54 Å². The van der Waals surface area contributed by atoms with E-state index in [-0.39, 0.29) is 12.5 Å². The predicted octanol–water partition coefficient (Wildman–Crippen LogP) is 3.84. The Morgan fingerprint density at radius 2 is 1.85 bits per heavy atom. The molecule has 0 bridgehead atoms. The van der Waals surface area contributed by atoms with Crippen molar-refractivity contribution in [1.82, 2.24) is 5.32 Å². The SMILES string of the molecule is CCCNC(=O)[C@@H](C)OC(=O)COc1ccc(-c2ccccc2)cc1Cl. The number of hydrogen-bond acceptors (Lipinski definition) is 4. The van der Waals surface area contributed by atoms with Crippen molar-refractivity contribution in [2.24, 2.45) is 0 Å². The zero-order valence-corrected chi connectivity index (χ0v) is 15.6. The molecule has 1 amide bonds. The number of benzene rings is 2. The highest BCUT2D eigenvalue weighted by atomic mass is 35.5. The van der Waals surface area contributed by atoms with Gasteiger partial charge in [0.05, 0.1) is 5.02 Å². The Morgan fingerprint density at radius 1 is 1.12 bits per heavy atom. The third-order valence-electron chi connectivity index (χ3n) is 3.61. The summed E-state index contributed by atoms with van der Waals surface area (Å²) < 4.78 is 10.5. The summed E-state index contributed by atoms with van der Waals surface area (Å²) in [4.78, 5) is 23.5. The quantitative estimate of drug-likeness (QED) is 0.712. The smallest absolute Gasteiger partial charge is 0.344 e. The monoisotopic (exact) mass is 375 g/mol. The number of rotatable bonds is 8. The lowest BCUT2D eigenvalue weighted by Gasteiger charge is -2.14. The lowest BCUT2D eigenvalue weighted by Crippen LogP contribution is -2.37. The first-order valence-electron chi connectivity index (χ1n) is 8.46. The van der Waals surface area contributed by atoms with Crippen molar-refractivity contribution in [1.29, 1.82) is 0 Å². The van der Waals surface area contributed by atoms with E-state index in [4.69, 9.17) is 21.1 Å². The van der Waals surface area contributed by atoms with E-state index in [0.717, 1.165) is 17.5 Å². The Morgan fingerprint density at radius 3 is 2.50 bits per heavy atom. The normalized spacial score (nSPS) is 11.5. The molecule has 138 valence electrons. The lowest BCUT2D eigenvalue weighted by molar-refractivity contribution is -0.156. The summed E-state index contributed by atoms with van der Waals surface area (Å²) in [6.45, 7) is 3.68. The van der Waals surface area contributed by atoms with Crippen LogP contribution in [0.15, 0.2) is 48.5 Å². The summed E-state index contributed by atoms with van der Waals surface area (Å²) in [7, 11) is 0. The molecule has 0 saturated heterocycles. The highest BCUT2D eigenvalue weighted by Gasteiger charge is 2.17. The molecule has 0 unspecified atom stereocenters. The molecule has 5 nitrogen and oxygen atoms in total. The van der Waals surface area contributed by atoms with Gasteiger partial charge in [0.15, 0.2) is 12.7 Å². The van der Waals surface area contributed by atoms with Crippen molar-refractivity contribution >= 4 is 23.5 Å². The molecule has 2 aromatic rings. The highest BCUT2D eigenvalue weighted by Crippen LogP contribution is 2.30. The minimum Gasteiger partial charge on any atom is -0.480 e. The molecular weight excluding hydrogens is 354 g/mol. The third-order valence-corrected chi connectivity index (χ3v) is 3.91. The fraction of sp³-hybridized carbons (Fsp3) is 0.300. The zero-order valence-electron chi connectivity index (χ0n) is 14.8. The van der Waals surface area contributed by atoms with Crippen molar-refractivity contribution in [2.45, 2.75) is 26.4 Å². The molecule has 0 aliphatic heterocycles. The predicted molar refractivity (Wildman–Crippen MR) is 101 cm³/mol. The Balaban J connectivity index is 1.89. The molecule has 2 aromatic carbocycles. The summed E-state index contributed by atoms with van der Waals surface area (Å²) in [5.41, 5.74) is 1.99. The molecule has 1 atom stereocenters. The van der Waals surface area contributed by atoms with Crippen LogP contribution >= 0.6 is 11.6 Å². The van der Waals surface area contributed by atoms with Crippen molar-refractivity contribution in [3.63, 3.8) is 0 Å². The van der Waals surface area contributed by atoms with E-state index in [1.165, 1.54) is 6.92 Å². The van der Waals surface area contributed by atoms with E-state index in [2.05, 4.69) is 5.32 Å². The largest absolute Gasteiger partial charge is 0.480 e. The molecule has 6 heteroatoms. The Labute approximate surface area is 158 Å². The van der Waals surface area contributed by atoms with Crippen LogP contribution in [0.3, 0.4) is 0 Å². The molecule has 0 spiro atoms. The van der Waals surface area contributed by atoms with Gasteiger partial charge in [-0.15, -0.1) is 0 Å². The second-order valence-corrected chi connectivity index (χ2v) is 6.13. The maximum atomic E-state index is 11.8. The highest BCUT2D eigenvalue weighted by molar-refractivity contribution is 6.32. The number of ether oxygens (including phenoxy) is 2. The number of carbonyl (C=O) groups excluding carboxylic acids is 2. The van der Waals surface area contributed by atoms with Gasteiger partial charge < -0.3 is 14.8 Å². The van der Waals surface area contributed by atoms with Gasteiger partial charge in [0.25, 0.3) is 5.91 Å². The second kappa shape index (κ2) is 9.82. The van der Waals surface area contributed by atoms with Crippen LogP contribution in [0.2, 0.25) is 5.02 Å². The van der Waals surface area contributed by atoms with E-state index in [1.54, 1.807) is 12.1 Å². The Bertz CT molecular complexity index is 749. The molecule has 2 rings (SSSR count). The van der Waals surface area contributed by atoms with Crippen LogP contribution in [0.5, 0.6) is 5.75 Å². The van der Waals surface area contributed by atoms with Gasteiger partial charge in [-0.05, 0) is 36.6 Å². The van der Waals surface area contributed by atoms with Crippen molar-refractivity contribution in [2.75, 3.05) is 13.2 Å². The number of amides is 1. The standard InChI is InChI=1S/C20H22ClNO4/c1-3-11-22-20(24)14(2)26-19(23)13-25-18-10-9-16(12-17(18)21)15-7-5-4-6-8-15/h4-10,12,14H,3,11,13H2,1-2H3,(H,22,24)/t14-/m1/s1. The minimum atomic E-state index is -0.867. The molecule has 0 fully saturated rings. The molecule has 1 N–H and O–H groups in total. The van der Waals surface area contributed by atoms with Crippen molar-refractivity contribution in [3.05, 3.63) is 53.6 Å². The Kier molecular flexibility index (Phi) is 7.48. The Hall–Kier alpha value is -2.53. The van der Waals surface area contributed by atoms with Crippen molar-refractivity contribution < 1.29 is 19.1 Å². The van der Waals surface area contributed by atoms with Crippen LogP contribution in [0.25, 0.3) is 11.1 Å². The maximum Gasteiger partial charge on any atom is 0.344 e. The molecule has 0 saturated carbocycles. The van der Waals surface area contributed by atoms with Crippen LogP contribution in [-0.4, -0.2) is 31.1 Å². The van der Waals surface area contributed by atoms with Gasteiger partial charge in [0.1, 0.15) is 5.75 Å². The first-order valence-corrected chi connectivity index (χ1v) is 8.84. The topological polar surface area (TPSA) is 64.6 Å². The van der Waals surface area contributed by atoms with Crippen molar-refractivity contribution in [3.8, 4) is 16.9 Å². The first-order chi connectivity index (χ1) is 12.5. The second-order valence-electron chi connectivity index (χ2n) is 5.72. The fourth-order valence-electron chi connectivity index (χ4n) is 2.24. The average molecular weight is 376 g/mol. The lowest BCUT2D eigenvalue weighted by atomic mass is 10.1. The minimum absolute atomic E-state index is 0.324. The summed E-state index contributed by atoms with van der Waals surface area (Å²) in [6.07, 6.45) is -0.0546. The van der Waals surface area contributed by atoms with Gasteiger partial charge in [-0.3, -0.25) is 4.79 Å². The van der Waals surface area contributed by atoms with Crippen LogP contribution in [0.1, 0.15) is 20.3 Å². The van der Waals surface area contributed by atoms with Crippen LogP contribution in [0, 0.1) is 0 Å². The molecule has 0 heterocycles. The number of nitrogens with one attached hydrogen (secondary N) is 1. The zero-order chi connectivity index (χ0) is 18.9. The summed E-state index contributed by atoms with van der Waals surface area (Å²) >= 11 is 6.23. The van der Waals surface area contributed by atoms with Crippen LogP contribution < -0.4 is 10.1 Å². The van der Waals surface area contributed by atoms with Gasteiger partial charge in [-0.25, -0.2) is 4.79 Å². The van der Waals surface area contributed by atoms with E-state index in [1.807, 2.05) is 43.3 Å². The van der Waals surface area contributed by atoms with Crippen LogP contribution in [0.4, 0.5) is 0 Å². The number of esters is 1. The maximum absolute atomic E-state index is 11.8. The van der Waals surface area contributed by atoms with Crippen LogP contribution in [-0.2, 0) is 14.3 Å². The molecule has 0 aromatic heterocycles. The average Bonchev–Trinajstić information content (AvgIpc) is 2.65. The van der Waals surface area contributed by atoms with E-state index < -0.39 is 12.1 Å². The third kappa shape index (κ3) is 5.77. The fourth-order valence-corrected chi connectivity index (χ4v) is 2.48. The van der Waals surface area contributed by atoms with E-state index in [9.17, 15) is 9.59 Å².